The van der Waals surface area contributed by atoms with E-state index in [-0.39, 0.29) is 18.3 Å². The zero-order valence-electron chi connectivity index (χ0n) is 13.6. The summed E-state index contributed by atoms with van der Waals surface area (Å²) in [6.45, 7) is 2.77. The van der Waals surface area contributed by atoms with Gasteiger partial charge in [-0.3, -0.25) is 4.79 Å². The second-order valence-electron chi connectivity index (χ2n) is 5.29. The standard InChI is InChI=1S/C19H21FN2O2/c1-2-11-24-18-9-7-14(12-17(18)21)8-10-19(23)22-13-15-5-3-4-6-16(15)20/h3-10,12H,2,11,13,21H2,1H3,(H,22,23)/b10-8-. The molecule has 24 heavy (non-hydrogen) atoms. The summed E-state index contributed by atoms with van der Waals surface area (Å²) in [6.07, 6.45) is 3.95. The number of ether oxygens (including phenoxy) is 1. The topological polar surface area (TPSA) is 64.3 Å². The van der Waals surface area contributed by atoms with Crippen molar-refractivity contribution in [1.82, 2.24) is 5.32 Å². The Morgan fingerprint density at radius 3 is 2.79 bits per heavy atom. The van der Waals surface area contributed by atoms with E-state index in [9.17, 15) is 9.18 Å². The highest BCUT2D eigenvalue weighted by Gasteiger charge is 2.03. The molecule has 2 aromatic carbocycles. The summed E-state index contributed by atoms with van der Waals surface area (Å²) in [4.78, 5) is 11.8. The maximum Gasteiger partial charge on any atom is 0.244 e. The number of amides is 1. The first kappa shape index (κ1) is 17.5. The van der Waals surface area contributed by atoms with Crippen LogP contribution in [0.25, 0.3) is 6.08 Å². The van der Waals surface area contributed by atoms with E-state index in [1.165, 1.54) is 12.1 Å². The van der Waals surface area contributed by atoms with E-state index in [1.807, 2.05) is 13.0 Å². The summed E-state index contributed by atoms with van der Waals surface area (Å²) in [5.41, 5.74) is 7.68. The molecule has 0 bridgehead atoms. The molecular weight excluding hydrogens is 307 g/mol. The fourth-order valence-corrected chi connectivity index (χ4v) is 2.07. The van der Waals surface area contributed by atoms with E-state index in [0.717, 1.165) is 12.0 Å². The lowest BCUT2D eigenvalue weighted by Gasteiger charge is -2.08. The SMILES string of the molecule is CCCOc1ccc(/C=C\C(=O)NCc2ccccc2F)cc1N. The van der Waals surface area contributed by atoms with Gasteiger partial charge in [0, 0.05) is 18.2 Å². The average Bonchev–Trinajstić information content (AvgIpc) is 2.58. The van der Waals surface area contributed by atoms with Gasteiger partial charge < -0.3 is 15.8 Å². The van der Waals surface area contributed by atoms with Crippen LogP contribution in [-0.4, -0.2) is 12.5 Å². The van der Waals surface area contributed by atoms with Crippen LogP contribution in [0.4, 0.5) is 10.1 Å². The molecule has 4 nitrogen and oxygen atoms in total. The van der Waals surface area contributed by atoms with Gasteiger partial charge in [0.1, 0.15) is 11.6 Å². The summed E-state index contributed by atoms with van der Waals surface area (Å²) in [5.74, 6) is -0.00152. The lowest BCUT2D eigenvalue weighted by Crippen LogP contribution is -2.20. The lowest BCUT2D eigenvalue weighted by molar-refractivity contribution is -0.116. The number of nitrogens with one attached hydrogen (secondary N) is 1. The van der Waals surface area contributed by atoms with Crippen LogP contribution in [0.15, 0.2) is 48.5 Å². The van der Waals surface area contributed by atoms with Gasteiger partial charge in [-0.1, -0.05) is 31.2 Å². The predicted molar refractivity (Wildman–Crippen MR) is 93.9 cm³/mol. The molecule has 2 aromatic rings. The van der Waals surface area contributed by atoms with Crippen molar-refractivity contribution in [3.05, 3.63) is 65.5 Å². The molecule has 0 atom stereocenters. The van der Waals surface area contributed by atoms with Crippen molar-refractivity contribution in [1.29, 1.82) is 0 Å². The number of nitrogens with two attached hydrogens (primary N) is 1. The molecule has 126 valence electrons. The fraction of sp³-hybridized carbons (Fsp3) is 0.211. The van der Waals surface area contributed by atoms with E-state index in [1.54, 1.807) is 36.4 Å². The van der Waals surface area contributed by atoms with Crippen LogP contribution in [0.2, 0.25) is 0 Å². The van der Waals surface area contributed by atoms with Crippen LogP contribution in [0.3, 0.4) is 0 Å². The number of halogens is 1. The zero-order valence-corrected chi connectivity index (χ0v) is 13.6. The monoisotopic (exact) mass is 328 g/mol. The van der Waals surface area contributed by atoms with Gasteiger partial charge in [0.25, 0.3) is 0 Å². The first-order chi connectivity index (χ1) is 11.6. The number of hydrogen-bond donors (Lipinski definition) is 2. The Kier molecular flexibility index (Phi) is 6.37. The molecule has 0 unspecified atom stereocenters. The van der Waals surface area contributed by atoms with Crippen LogP contribution in [0.5, 0.6) is 5.75 Å². The third-order valence-electron chi connectivity index (χ3n) is 3.33. The van der Waals surface area contributed by atoms with Crippen molar-refractivity contribution in [2.45, 2.75) is 19.9 Å². The van der Waals surface area contributed by atoms with Gasteiger partial charge in [-0.25, -0.2) is 4.39 Å². The molecule has 0 fully saturated rings. The van der Waals surface area contributed by atoms with Gasteiger partial charge >= 0.3 is 0 Å². The number of anilines is 1. The van der Waals surface area contributed by atoms with Gasteiger partial charge in [-0.05, 0) is 36.3 Å². The Labute approximate surface area is 141 Å². The number of carbonyl (C=O) groups is 1. The third kappa shape index (κ3) is 5.12. The Hall–Kier alpha value is -2.82. The van der Waals surface area contributed by atoms with Crippen LogP contribution in [-0.2, 0) is 11.3 Å². The van der Waals surface area contributed by atoms with Gasteiger partial charge in [-0.2, -0.15) is 0 Å². The van der Waals surface area contributed by atoms with Gasteiger partial charge in [-0.15, -0.1) is 0 Å². The summed E-state index contributed by atoms with van der Waals surface area (Å²) in [5, 5.41) is 2.64. The van der Waals surface area contributed by atoms with Crippen LogP contribution < -0.4 is 15.8 Å². The molecule has 2 rings (SSSR count). The molecule has 3 N–H and O–H groups in total. The number of hydrogen-bond acceptors (Lipinski definition) is 3. The number of rotatable bonds is 7. The van der Waals surface area contributed by atoms with Crippen molar-refractivity contribution in [2.24, 2.45) is 0 Å². The highest BCUT2D eigenvalue weighted by atomic mass is 19.1. The minimum Gasteiger partial charge on any atom is -0.491 e. The molecule has 0 radical (unpaired) electrons. The number of nitrogen functional groups attached to an aromatic ring is 1. The van der Waals surface area contributed by atoms with Gasteiger partial charge in [0.2, 0.25) is 5.91 Å². The molecule has 0 aromatic heterocycles. The predicted octanol–water partition coefficient (Wildman–Crippen LogP) is 3.53. The Balaban J connectivity index is 1.91. The quantitative estimate of drug-likeness (QED) is 0.604. The summed E-state index contributed by atoms with van der Waals surface area (Å²) in [7, 11) is 0. The molecule has 1 amide bonds. The smallest absolute Gasteiger partial charge is 0.244 e. The van der Waals surface area contributed by atoms with Crippen molar-refractivity contribution in [2.75, 3.05) is 12.3 Å². The lowest BCUT2D eigenvalue weighted by atomic mass is 10.1. The van der Waals surface area contributed by atoms with E-state index < -0.39 is 0 Å². The van der Waals surface area contributed by atoms with Crippen LogP contribution >= 0.6 is 0 Å². The Morgan fingerprint density at radius 1 is 1.29 bits per heavy atom. The molecule has 5 heteroatoms. The molecule has 0 saturated carbocycles. The summed E-state index contributed by atoms with van der Waals surface area (Å²) < 4.78 is 19.0. The number of benzene rings is 2. The fourth-order valence-electron chi connectivity index (χ4n) is 2.07. The third-order valence-corrected chi connectivity index (χ3v) is 3.33. The first-order valence-electron chi connectivity index (χ1n) is 7.81. The molecule has 0 aliphatic rings. The largest absolute Gasteiger partial charge is 0.491 e. The highest BCUT2D eigenvalue weighted by Crippen LogP contribution is 2.23. The summed E-state index contributed by atoms with van der Waals surface area (Å²) in [6, 6.07) is 11.7. The molecular formula is C19H21FN2O2. The molecule has 0 spiro atoms. The van der Waals surface area contributed by atoms with Crippen molar-refractivity contribution < 1.29 is 13.9 Å². The van der Waals surface area contributed by atoms with Crippen LogP contribution in [0.1, 0.15) is 24.5 Å². The maximum atomic E-state index is 13.5. The van der Waals surface area contributed by atoms with E-state index in [4.69, 9.17) is 10.5 Å². The molecule has 0 aliphatic carbocycles. The first-order valence-corrected chi connectivity index (χ1v) is 7.81. The zero-order chi connectivity index (χ0) is 17.4. The Morgan fingerprint density at radius 2 is 2.08 bits per heavy atom. The highest BCUT2D eigenvalue weighted by molar-refractivity contribution is 5.91. The Bertz CT molecular complexity index is 729. The second kappa shape index (κ2) is 8.72. The van der Waals surface area contributed by atoms with Gasteiger partial charge in [0.15, 0.2) is 0 Å². The van der Waals surface area contributed by atoms with Crippen LogP contribution in [0, 0.1) is 5.82 Å². The molecule has 0 aliphatic heterocycles. The van der Waals surface area contributed by atoms with E-state index >= 15 is 0 Å². The minimum atomic E-state index is -0.336. The van der Waals surface area contributed by atoms with Crippen molar-refractivity contribution >= 4 is 17.7 Å². The van der Waals surface area contributed by atoms with Crippen molar-refractivity contribution in [3.63, 3.8) is 0 Å². The maximum absolute atomic E-state index is 13.5. The minimum absolute atomic E-state index is 0.141. The van der Waals surface area contributed by atoms with Crippen molar-refractivity contribution in [3.8, 4) is 5.75 Å². The normalized spacial score (nSPS) is 10.8. The molecule has 0 heterocycles. The average molecular weight is 328 g/mol. The number of carbonyl (C=O) groups excluding carboxylic acids is 1. The van der Waals surface area contributed by atoms with E-state index in [2.05, 4.69) is 5.32 Å². The second-order valence-corrected chi connectivity index (χ2v) is 5.29. The molecule has 0 saturated heterocycles. The van der Waals surface area contributed by atoms with Gasteiger partial charge in [0.05, 0.1) is 12.3 Å². The summed E-state index contributed by atoms with van der Waals surface area (Å²) >= 11 is 0. The van der Waals surface area contributed by atoms with E-state index in [0.29, 0.717) is 23.6 Å².